The maximum atomic E-state index is 11.8. The molecule has 3 aromatic rings. The minimum absolute atomic E-state index is 0.0103. The number of rotatable bonds is 1. The average Bonchev–Trinajstić information content (AvgIpc) is 2.78. The number of aromatic amines is 1. The lowest BCUT2D eigenvalue weighted by molar-refractivity contribution is 0.436. The Hall–Kier alpha value is -2.77. The molecule has 3 heterocycles. The van der Waals surface area contributed by atoms with Gasteiger partial charge in [-0.15, -0.1) is 0 Å². The molecule has 0 saturated carbocycles. The van der Waals surface area contributed by atoms with Gasteiger partial charge in [0.05, 0.1) is 11.9 Å². The molecule has 0 bridgehead atoms. The Morgan fingerprint density at radius 2 is 2.18 bits per heavy atom. The number of nitrogens with one attached hydrogen (secondary N) is 1. The fourth-order valence-corrected chi connectivity index (χ4v) is 1.51. The second kappa shape index (κ2) is 3.37. The van der Waals surface area contributed by atoms with E-state index in [1.807, 2.05) is 0 Å². The molecule has 0 aliphatic carbocycles. The lowest BCUT2D eigenvalue weighted by atomic mass is 10.2. The van der Waals surface area contributed by atoms with Crippen LogP contribution in [0.3, 0.4) is 0 Å². The third-order valence-corrected chi connectivity index (χ3v) is 2.24. The van der Waals surface area contributed by atoms with E-state index in [4.69, 9.17) is 0 Å². The number of hydrogen-bond donors (Lipinski definition) is 2. The molecule has 0 radical (unpaired) electrons. The fourth-order valence-electron chi connectivity index (χ4n) is 1.51. The Bertz CT molecular complexity index is 732. The van der Waals surface area contributed by atoms with E-state index < -0.39 is 5.56 Å². The number of nitrogens with zero attached hydrogens (tertiary/aromatic N) is 5. The molecule has 8 nitrogen and oxygen atoms in total. The van der Waals surface area contributed by atoms with Crippen molar-refractivity contribution in [1.82, 2.24) is 29.5 Å². The molecular formula is C9H6N6O2. The third kappa shape index (κ3) is 1.34. The monoisotopic (exact) mass is 230 g/mol. The van der Waals surface area contributed by atoms with Crippen molar-refractivity contribution in [1.29, 1.82) is 0 Å². The van der Waals surface area contributed by atoms with E-state index >= 15 is 0 Å². The summed E-state index contributed by atoms with van der Waals surface area (Å²) in [6, 6.07) is 0. The van der Waals surface area contributed by atoms with Crippen LogP contribution in [0.25, 0.3) is 17.0 Å². The predicted molar refractivity (Wildman–Crippen MR) is 56.3 cm³/mol. The summed E-state index contributed by atoms with van der Waals surface area (Å²) in [5.41, 5.74) is -0.219. The van der Waals surface area contributed by atoms with Gasteiger partial charge < -0.3 is 5.11 Å². The summed E-state index contributed by atoms with van der Waals surface area (Å²) in [7, 11) is 0. The number of H-pyrrole nitrogens is 1. The van der Waals surface area contributed by atoms with Crippen molar-refractivity contribution < 1.29 is 5.11 Å². The molecule has 0 aliphatic heterocycles. The zero-order chi connectivity index (χ0) is 11.8. The van der Waals surface area contributed by atoms with E-state index in [-0.39, 0.29) is 22.9 Å². The van der Waals surface area contributed by atoms with E-state index in [0.717, 1.165) is 4.52 Å². The van der Waals surface area contributed by atoms with Gasteiger partial charge in [-0.2, -0.15) is 14.6 Å². The van der Waals surface area contributed by atoms with E-state index in [1.54, 1.807) is 0 Å². The Morgan fingerprint density at radius 3 is 2.94 bits per heavy atom. The molecule has 0 aromatic carbocycles. The lowest BCUT2D eigenvalue weighted by Gasteiger charge is -2.03. The number of hydrogen-bond acceptors (Lipinski definition) is 6. The SMILES string of the molecule is O=c1[nH]c2ncnn2c(O)c1-c1cnccn1. The smallest absolute Gasteiger partial charge is 0.265 e. The quantitative estimate of drug-likeness (QED) is 0.587. The summed E-state index contributed by atoms with van der Waals surface area (Å²) in [6.45, 7) is 0. The molecule has 0 atom stereocenters. The maximum absolute atomic E-state index is 11.8. The van der Waals surface area contributed by atoms with Gasteiger partial charge in [0, 0.05) is 12.4 Å². The van der Waals surface area contributed by atoms with Gasteiger partial charge in [0.1, 0.15) is 11.9 Å². The second-order valence-corrected chi connectivity index (χ2v) is 3.24. The molecule has 3 aromatic heterocycles. The normalized spacial score (nSPS) is 10.8. The Morgan fingerprint density at radius 1 is 1.29 bits per heavy atom. The molecule has 84 valence electrons. The molecule has 0 amide bonds. The number of aromatic nitrogens is 6. The van der Waals surface area contributed by atoms with Crippen LogP contribution in [-0.2, 0) is 0 Å². The van der Waals surface area contributed by atoms with Crippen molar-refractivity contribution in [2.75, 3.05) is 0 Å². The van der Waals surface area contributed by atoms with Crippen LogP contribution in [0.15, 0.2) is 29.7 Å². The fraction of sp³-hybridized carbons (Fsp3) is 0. The van der Waals surface area contributed by atoms with Crippen LogP contribution in [0.1, 0.15) is 0 Å². The first-order chi connectivity index (χ1) is 8.27. The zero-order valence-electron chi connectivity index (χ0n) is 8.40. The zero-order valence-corrected chi connectivity index (χ0v) is 8.40. The van der Waals surface area contributed by atoms with Gasteiger partial charge in [0.15, 0.2) is 0 Å². The first-order valence-corrected chi connectivity index (χ1v) is 4.69. The van der Waals surface area contributed by atoms with Crippen molar-refractivity contribution in [3.8, 4) is 17.1 Å². The number of aromatic hydroxyl groups is 1. The summed E-state index contributed by atoms with van der Waals surface area (Å²) in [5.74, 6) is -0.151. The van der Waals surface area contributed by atoms with Gasteiger partial charge in [-0.25, -0.2) is 0 Å². The highest BCUT2D eigenvalue weighted by molar-refractivity contribution is 5.63. The average molecular weight is 230 g/mol. The first kappa shape index (κ1) is 9.46. The van der Waals surface area contributed by atoms with Crippen molar-refractivity contribution in [2.24, 2.45) is 0 Å². The van der Waals surface area contributed by atoms with Crippen LogP contribution in [-0.4, -0.2) is 34.7 Å². The van der Waals surface area contributed by atoms with Crippen molar-refractivity contribution in [2.45, 2.75) is 0 Å². The Balaban J connectivity index is 2.40. The van der Waals surface area contributed by atoms with Crippen LogP contribution >= 0.6 is 0 Å². The summed E-state index contributed by atoms with van der Waals surface area (Å²) in [4.78, 5) is 25.8. The molecule has 0 spiro atoms. The maximum Gasteiger partial charge on any atom is 0.265 e. The van der Waals surface area contributed by atoms with Crippen molar-refractivity contribution in [3.63, 3.8) is 0 Å². The predicted octanol–water partition coefficient (Wildman–Crippen LogP) is -0.420. The summed E-state index contributed by atoms with van der Waals surface area (Å²) < 4.78 is 1.12. The van der Waals surface area contributed by atoms with E-state index in [1.165, 1.54) is 24.9 Å². The molecule has 0 aliphatic rings. The molecule has 0 saturated heterocycles. The molecular weight excluding hydrogens is 224 g/mol. The second-order valence-electron chi connectivity index (χ2n) is 3.24. The molecule has 0 unspecified atom stereocenters. The minimum atomic E-state index is -0.497. The first-order valence-electron chi connectivity index (χ1n) is 4.69. The van der Waals surface area contributed by atoms with Crippen molar-refractivity contribution >= 4 is 5.78 Å². The highest BCUT2D eigenvalue weighted by Gasteiger charge is 2.16. The summed E-state index contributed by atoms with van der Waals surface area (Å²) in [6.07, 6.45) is 5.51. The van der Waals surface area contributed by atoms with Crippen LogP contribution < -0.4 is 5.56 Å². The topological polar surface area (TPSA) is 109 Å². The summed E-state index contributed by atoms with van der Waals surface area (Å²) in [5, 5.41) is 13.7. The van der Waals surface area contributed by atoms with Gasteiger partial charge in [0.2, 0.25) is 11.7 Å². The Labute approximate surface area is 93.6 Å². The minimum Gasteiger partial charge on any atom is -0.493 e. The van der Waals surface area contributed by atoms with Crippen LogP contribution in [0.2, 0.25) is 0 Å². The van der Waals surface area contributed by atoms with Gasteiger partial charge in [-0.3, -0.25) is 19.7 Å². The third-order valence-electron chi connectivity index (χ3n) is 2.24. The van der Waals surface area contributed by atoms with Gasteiger partial charge >= 0.3 is 0 Å². The Kier molecular flexibility index (Phi) is 1.87. The van der Waals surface area contributed by atoms with Crippen LogP contribution in [0.5, 0.6) is 5.88 Å². The molecule has 8 heteroatoms. The number of fused-ring (bicyclic) bond motifs is 1. The van der Waals surface area contributed by atoms with E-state index in [2.05, 4.69) is 25.0 Å². The van der Waals surface area contributed by atoms with E-state index in [9.17, 15) is 9.90 Å². The largest absolute Gasteiger partial charge is 0.493 e. The molecule has 17 heavy (non-hydrogen) atoms. The van der Waals surface area contributed by atoms with E-state index in [0.29, 0.717) is 0 Å². The van der Waals surface area contributed by atoms with Crippen LogP contribution in [0.4, 0.5) is 0 Å². The highest BCUT2D eigenvalue weighted by Crippen LogP contribution is 2.21. The van der Waals surface area contributed by atoms with Crippen LogP contribution in [0, 0.1) is 0 Å². The standard InChI is InChI=1S/C9H6N6O2/c16-7-6(5-3-10-1-2-11-5)8(17)15-9(14-7)12-4-13-15/h1-4,17H,(H,12,13,14,16). The molecule has 2 N–H and O–H groups in total. The molecule has 3 rings (SSSR count). The summed E-state index contributed by atoms with van der Waals surface area (Å²) >= 11 is 0. The van der Waals surface area contributed by atoms with Gasteiger partial charge in [-0.05, 0) is 0 Å². The highest BCUT2D eigenvalue weighted by atomic mass is 16.3. The van der Waals surface area contributed by atoms with Gasteiger partial charge in [0.25, 0.3) is 5.56 Å². The van der Waals surface area contributed by atoms with Gasteiger partial charge in [-0.1, -0.05) is 0 Å². The lowest BCUT2D eigenvalue weighted by Crippen LogP contribution is -2.13. The van der Waals surface area contributed by atoms with Crippen molar-refractivity contribution in [3.05, 3.63) is 35.3 Å². The molecule has 0 fully saturated rings.